The van der Waals surface area contributed by atoms with Gasteiger partial charge < -0.3 is 14.6 Å². The Morgan fingerprint density at radius 3 is 2.44 bits per heavy atom. The lowest BCUT2D eigenvalue weighted by Gasteiger charge is -2.24. The Balaban J connectivity index is 1.95. The van der Waals surface area contributed by atoms with Crippen molar-refractivity contribution in [3.63, 3.8) is 0 Å². The van der Waals surface area contributed by atoms with E-state index in [-0.39, 0.29) is 17.9 Å². The second-order valence-electron chi connectivity index (χ2n) is 7.04. The van der Waals surface area contributed by atoms with Gasteiger partial charge in [-0.05, 0) is 51.2 Å². The number of rotatable bonds is 5. The second kappa shape index (κ2) is 9.36. The van der Waals surface area contributed by atoms with Gasteiger partial charge in [0.1, 0.15) is 11.6 Å². The van der Waals surface area contributed by atoms with Crippen LogP contribution < -0.4 is 5.56 Å². The molecule has 1 aliphatic rings. The standard InChI is InChI=1S/C20H27N3O4/c1-13-16(14(2)22-19(25)17(13)12-21)8-9-18(24)27-15(3)20(26)23-10-6-4-5-7-11-23/h15H,4-11H2,1-3H3,(H,22,25)/t15-/m1/s1. The summed E-state index contributed by atoms with van der Waals surface area (Å²) in [7, 11) is 0. The van der Waals surface area contributed by atoms with Gasteiger partial charge in [0, 0.05) is 25.2 Å². The van der Waals surface area contributed by atoms with Crippen molar-refractivity contribution >= 4 is 11.9 Å². The van der Waals surface area contributed by atoms with Gasteiger partial charge >= 0.3 is 5.97 Å². The van der Waals surface area contributed by atoms with Crippen molar-refractivity contribution in [3.8, 4) is 6.07 Å². The summed E-state index contributed by atoms with van der Waals surface area (Å²) >= 11 is 0. The van der Waals surface area contributed by atoms with Crippen LogP contribution in [0, 0.1) is 25.2 Å². The van der Waals surface area contributed by atoms with E-state index in [4.69, 9.17) is 10.00 Å². The molecule has 7 nitrogen and oxygen atoms in total. The lowest BCUT2D eigenvalue weighted by molar-refractivity contribution is -0.159. The molecule has 1 aromatic rings. The topological polar surface area (TPSA) is 103 Å². The molecule has 0 unspecified atom stereocenters. The Bertz CT molecular complexity index is 799. The number of hydrogen-bond acceptors (Lipinski definition) is 5. The molecule has 0 spiro atoms. The molecular formula is C20H27N3O4. The molecule has 1 aromatic heterocycles. The van der Waals surface area contributed by atoms with Gasteiger partial charge in [0.25, 0.3) is 11.5 Å². The summed E-state index contributed by atoms with van der Waals surface area (Å²) < 4.78 is 5.32. The summed E-state index contributed by atoms with van der Waals surface area (Å²) in [6.45, 7) is 6.48. The Morgan fingerprint density at radius 1 is 1.22 bits per heavy atom. The lowest BCUT2D eigenvalue weighted by atomic mass is 9.99. The van der Waals surface area contributed by atoms with Gasteiger partial charge in [-0.15, -0.1) is 0 Å². The molecule has 27 heavy (non-hydrogen) atoms. The predicted molar refractivity (Wildman–Crippen MR) is 100 cm³/mol. The van der Waals surface area contributed by atoms with E-state index in [9.17, 15) is 14.4 Å². The number of pyridine rings is 1. The fraction of sp³-hybridized carbons (Fsp3) is 0.600. The molecule has 0 bridgehead atoms. The number of nitriles is 1. The molecule has 7 heteroatoms. The number of aromatic nitrogens is 1. The Kier molecular flexibility index (Phi) is 7.17. The van der Waals surface area contributed by atoms with E-state index in [1.165, 1.54) is 0 Å². The first-order chi connectivity index (χ1) is 12.8. The number of hydrogen-bond donors (Lipinski definition) is 1. The fourth-order valence-corrected chi connectivity index (χ4v) is 3.50. The number of aromatic amines is 1. The highest BCUT2D eigenvalue weighted by atomic mass is 16.5. The minimum Gasteiger partial charge on any atom is -0.453 e. The summed E-state index contributed by atoms with van der Waals surface area (Å²) in [6.07, 6.45) is 3.84. The molecule has 1 N–H and O–H groups in total. The molecule has 0 radical (unpaired) electrons. The van der Waals surface area contributed by atoms with Crippen LogP contribution in [0.3, 0.4) is 0 Å². The van der Waals surface area contributed by atoms with Gasteiger partial charge in [-0.3, -0.25) is 14.4 Å². The molecule has 1 atom stereocenters. The predicted octanol–water partition coefficient (Wildman–Crippen LogP) is 2.13. The summed E-state index contributed by atoms with van der Waals surface area (Å²) in [6, 6.07) is 1.90. The zero-order chi connectivity index (χ0) is 20.0. The fourth-order valence-electron chi connectivity index (χ4n) is 3.50. The van der Waals surface area contributed by atoms with Crippen LogP contribution in [-0.2, 0) is 20.7 Å². The van der Waals surface area contributed by atoms with Crippen molar-refractivity contribution < 1.29 is 14.3 Å². The van der Waals surface area contributed by atoms with E-state index in [2.05, 4.69) is 4.98 Å². The number of carbonyl (C=O) groups excluding carboxylic acids is 2. The number of nitrogens with zero attached hydrogens (tertiary/aromatic N) is 2. The first-order valence-corrected chi connectivity index (χ1v) is 9.46. The second-order valence-corrected chi connectivity index (χ2v) is 7.04. The van der Waals surface area contributed by atoms with Gasteiger partial charge in [-0.1, -0.05) is 12.8 Å². The molecule has 2 rings (SSSR count). The SMILES string of the molecule is Cc1[nH]c(=O)c(C#N)c(C)c1CCC(=O)O[C@H](C)C(=O)N1CCCCCC1. The van der Waals surface area contributed by atoms with Crippen LogP contribution in [0.15, 0.2) is 4.79 Å². The largest absolute Gasteiger partial charge is 0.453 e. The molecule has 0 saturated carbocycles. The normalized spacial score (nSPS) is 15.6. The lowest BCUT2D eigenvalue weighted by Crippen LogP contribution is -2.40. The molecule has 1 saturated heterocycles. The smallest absolute Gasteiger partial charge is 0.306 e. The molecule has 1 amide bonds. The zero-order valence-corrected chi connectivity index (χ0v) is 16.3. The van der Waals surface area contributed by atoms with E-state index in [1.807, 2.05) is 6.07 Å². The Morgan fingerprint density at radius 2 is 1.85 bits per heavy atom. The van der Waals surface area contributed by atoms with Crippen molar-refractivity contribution in [2.75, 3.05) is 13.1 Å². The highest BCUT2D eigenvalue weighted by Gasteiger charge is 2.24. The van der Waals surface area contributed by atoms with Gasteiger partial charge in [0.05, 0.1) is 0 Å². The molecule has 0 aliphatic carbocycles. The third kappa shape index (κ3) is 5.19. The van der Waals surface area contributed by atoms with Gasteiger partial charge in [-0.25, -0.2) is 0 Å². The molecule has 0 aromatic carbocycles. The van der Waals surface area contributed by atoms with Crippen molar-refractivity contribution in [2.45, 2.75) is 65.4 Å². The maximum atomic E-state index is 12.5. The average Bonchev–Trinajstić information content (AvgIpc) is 2.90. The number of amides is 1. The molecular weight excluding hydrogens is 346 g/mol. The van der Waals surface area contributed by atoms with Crippen LogP contribution in [-0.4, -0.2) is 41.0 Å². The van der Waals surface area contributed by atoms with Crippen molar-refractivity contribution in [1.29, 1.82) is 5.26 Å². The van der Waals surface area contributed by atoms with Crippen LogP contribution in [0.4, 0.5) is 0 Å². The van der Waals surface area contributed by atoms with E-state index < -0.39 is 17.6 Å². The van der Waals surface area contributed by atoms with Gasteiger partial charge in [0.15, 0.2) is 6.10 Å². The summed E-state index contributed by atoms with van der Waals surface area (Å²) in [5.41, 5.74) is 1.62. The number of aryl methyl sites for hydroxylation is 1. The maximum Gasteiger partial charge on any atom is 0.306 e. The van der Waals surface area contributed by atoms with Crippen LogP contribution in [0.5, 0.6) is 0 Å². The maximum absolute atomic E-state index is 12.5. The number of H-pyrrole nitrogens is 1. The number of nitrogens with one attached hydrogen (secondary N) is 1. The first-order valence-electron chi connectivity index (χ1n) is 9.46. The minimum absolute atomic E-state index is 0.0636. The number of esters is 1. The van der Waals surface area contributed by atoms with Crippen molar-refractivity contribution in [2.24, 2.45) is 0 Å². The molecule has 146 valence electrons. The summed E-state index contributed by atoms with van der Waals surface area (Å²) in [5.74, 6) is -0.609. The summed E-state index contributed by atoms with van der Waals surface area (Å²) in [4.78, 5) is 40.8. The Labute approximate surface area is 159 Å². The van der Waals surface area contributed by atoms with Gasteiger partial charge in [0.2, 0.25) is 0 Å². The van der Waals surface area contributed by atoms with E-state index in [0.717, 1.165) is 31.2 Å². The van der Waals surface area contributed by atoms with Crippen LogP contribution in [0.1, 0.15) is 61.4 Å². The number of carbonyl (C=O) groups is 2. The molecule has 1 fully saturated rings. The van der Waals surface area contributed by atoms with Crippen molar-refractivity contribution in [1.82, 2.24) is 9.88 Å². The summed E-state index contributed by atoms with van der Waals surface area (Å²) in [5, 5.41) is 9.11. The highest BCUT2D eigenvalue weighted by Crippen LogP contribution is 2.16. The Hall–Kier alpha value is -2.62. The van der Waals surface area contributed by atoms with E-state index >= 15 is 0 Å². The zero-order valence-electron chi connectivity index (χ0n) is 16.3. The van der Waals surface area contributed by atoms with Gasteiger partial charge in [-0.2, -0.15) is 5.26 Å². The average molecular weight is 373 g/mol. The van der Waals surface area contributed by atoms with Crippen LogP contribution >= 0.6 is 0 Å². The third-order valence-corrected chi connectivity index (χ3v) is 5.07. The quantitative estimate of drug-likeness (QED) is 0.797. The molecule has 2 heterocycles. The number of ether oxygens (including phenoxy) is 1. The molecule has 1 aliphatic heterocycles. The minimum atomic E-state index is -0.803. The van der Waals surface area contributed by atoms with Crippen LogP contribution in [0.25, 0.3) is 0 Å². The van der Waals surface area contributed by atoms with E-state index in [0.29, 0.717) is 30.8 Å². The first kappa shape index (κ1) is 20.7. The van der Waals surface area contributed by atoms with Crippen LogP contribution in [0.2, 0.25) is 0 Å². The van der Waals surface area contributed by atoms with E-state index in [1.54, 1.807) is 25.7 Å². The van der Waals surface area contributed by atoms with Crippen molar-refractivity contribution in [3.05, 3.63) is 32.7 Å². The third-order valence-electron chi connectivity index (χ3n) is 5.07. The monoisotopic (exact) mass is 373 g/mol. The number of likely N-dealkylation sites (tertiary alicyclic amines) is 1. The highest BCUT2D eigenvalue weighted by molar-refractivity contribution is 5.83.